The second-order valence-corrected chi connectivity index (χ2v) is 8.02. The summed E-state index contributed by atoms with van der Waals surface area (Å²) in [7, 11) is 0. The number of carbonyl (C=O) groups excluding carboxylic acids is 2. The van der Waals surface area contributed by atoms with Gasteiger partial charge in [0.2, 0.25) is 0 Å². The number of nitrogens with one attached hydrogen (secondary N) is 1. The number of carbonyl (C=O) groups is 2. The van der Waals surface area contributed by atoms with E-state index in [9.17, 15) is 9.59 Å². The Balaban J connectivity index is 1.56. The maximum absolute atomic E-state index is 12.9. The molecule has 1 heterocycles. The molecule has 1 N–H and O–H groups in total. The summed E-state index contributed by atoms with van der Waals surface area (Å²) in [6, 6.07) is 22.0. The van der Waals surface area contributed by atoms with E-state index in [-0.39, 0.29) is 0 Å². The average Bonchev–Trinajstić information content (AvgIpc) is 2.76. The molecule has 1 amide bonds. The zero-order chi connectivity index (χ0) is 22.7. The third kappa shape index (κ3) is 4.95. The van der Waals surface area contributed by atoms with Crippen molar-refractivity contribution in [3.05, 3.63) is 94.5 Å². The first-order valence-electron chi connectivity index (χ1n) is 10.1. The molecular weight excluding hydrogens is 424 g/mol. The Hall–Kier alpha value is -3.70. The number of pyridine rings is 1. The van der Waals surface area contributed by atoms with E-state index < -0.39 is 18.5 Å². The molecule has 32 heavy (non-hydrogen) atoms. The van der Waals surface area contributed by atoms with Gasteiger partial charge in [0.1, 0.15) is 0 Å². The summed E-state index contributed by atoms with van der Waals surface area (Å²) in [6.07, 6.45) is 0. The van der Waals surface area contributed by atoms with Gasteiger partial charge in [0, 0.05) is 21.7 Å². The van der Waals surface area contributed by atoms with Crippen LogP contribution in [0.3, 0.4) is 0 Å². The molecule has 0 spiro atoms. The van der Waals surface area contributed by atoms with Gasteiger partial charge in [0.05, 0.1) is 16.8 Å². The van der Waals surface area contributed by atoms with Crippen molar-refractivity contribution in [1.29, 1.82) is 0 Å². The number of amides is 1. The molecule has 0 aliphatic heterocycles. The highest BCUT2D eigenvalue weighted by atomic mass is 35.5. The van der Waals surface area contributed by atoms with Gasteiger partial charge in [-0.2, -0.15) is 0 Å². The fourth-order valence-electron chi connectivity index (χ4n) is 3.57. The topological polar surface area (TPSA) is 68.3 Å². The van der Waals surface area contributed by atoms with Crippen molar-refractivity contribution in [2.75, 3.05) is 11.9 Å². The standard InChI is InChI=1S/C26H21ClN2O3/c1-16-11-17(2)13-20(12-16)28-25(30)15-32-26(31)22-14-24(18-7-9-19(27)10-8-18)29-23-6-4-3-5-21(22)23/h3-14H,15H2,1-2H3,(H,28,30). The summed E-state index contributed by atoms with van der Waals surface area (Å²) < 4.78 is 5.34. The number of para-hydroxylation sites is 1. The smallest absolute Gasteiger partial charge is 0.339 e. The summed E-state index contributed by atoms with van der Waals surface area (Å²) in [5, 5.41) is 4.04. The molecule has 0 atom stereocenters. The summed E-state index contributed by atoms with van der Waals surface area (Å²) in [5.74, 6) is -0.992. The van der Waals surface area contributed by atoms with Crippen LogP contribution in [0.15, 0.2) is 72.8 Å². The van der Waals surface area contributed by atoms with E-state index in [1.165, 1.54) is 0 Å². The Kier molecular flexibility index (Phi) is 6.19. The third-order valence-electron chi connectivity index (χ3n) is 4.92. The highest BCUT2D eigenvalue weighted by Crippen LogP contribution is 2.26. The Morgan fingerprint density at radius 1 is 0.938 bits per heavy atom. The number of halogens is 1. The first-order chi connectivity index (χ1) is 15.4. The number of hydrogen-bond donors (Lipinski definition) is 1. The lowest BCUT2D eigenvalue weighted by molar-refractivity contribution is -0.119. The minimum Gasteiger partial charge on any atom is -0.452 e. The molecule has 0 fully saturated rings. The van der Waals surface area contributed by atoms with Gasteiger partial charge in [-0.1, -0.05) is 48.0 Å². The van der Waals surface area contributed by atoms with Crippen LogP contribution in [0.4, 0.5) is 5.69 Å². The Bertz CT molecular complexity index is 1300. The fourth-order valence-corrected chi connectivity index (χ4v) is 3.69. The molecule has 0 saturated carbocycles. The summed E-state index contributed by atoms with van der Waals surface area (Å²) in [4.78, 5) is 29.9. The second kappa shape index (κ2) is 9.20. The molecule has 4 aromatic rings. The maximum Gasteiger partial charge on any atom is 0.339 e. The number of rotatable bonds is 5. The van der Waals surface area contributed by atoms with Crippen LogP contribution in [0.5, 0.6) is 0 Å². The Morgan fingerprint density at radius 2 is 1.62 bits per heavy atom. The molecule has 0 radical (unpaired) electrons. The van der Waals surface area contributed by atoms with Crippen LogP contribution in [-0.2, 0) is 9.53 Å². The molecular formula is C26H21ClN2O3. The van der Waals surface area contributed by atoms with Gasteiger partial charge < -0.3 is 10.1 Å². The number of fused-ring (bicyclic) bond motifs is 1. The van der Waals surface area contributed by atoms with Gasteiger partial charge in [0.15, 0.2) is 6.61 Å². The first kappa shape index (κ1) is 21.5. The molecule has 0 unspecified atom stereocenters. The number of aromatic nitrogens is 1. The molecule has 160 valence electrons. The number of aryl methyl sites for hydroxylation is 2. The average molecular weight is 445 g/mol. The van der Waals surface area contributed by atoms with Gasteiger partial charge in [0.25, 0.3) is 5.91 Å². The number of ether oxygens (including phenoxy) is 1. The quantitative estimate of drug-likeness (QED) is 0.385. The predicted octanol–water partition coefficient (Wildman–Crippen LogP) is 5.97. The summed E-state index contributed by atoms with van der Waals surface area (Å²) >= 11 is 5.99. The second-order valence-electron chi connectivity index (χ2n) is 7.58. The molecule has 4 rings (SSSR count). The molecule has 1 aromatic heterocycles. The van der Waals surface area contributed by atoms with E-state index >= 15 is 0 Å². The van der Waals surface area contributed by atoms with Crippen LogP contribution in [0.25, 0.3) is 22.2 Å². The van der Waals surface area contributed by atoms with Gasteiger partial charge in [-0.05, 0) is 61.4 Å². The highest BCUT2D eigenvalue weighted by molar-refractivity contribution is 6.30. The van der Waals surface area contributed by atoms with Gasteiger partial charge in [-0.25, -0.2) is 9.78 Å². The van der Waals surface area contributed by atoms with Crippen molar-refractivity contribution < 1.29 is 14.3 Å². The van der Waals surface area contributed by atoms with Crippen molar-refractivity contribution in [2.45, 2.75) is 13.8 Å². The van der Waals surface area contributed by atoms with E-state index in [4.69, 9.17) is 16.3 Å². The van der Waals surface area contributed by atoms with E-state index in [0.29, 0.717) is 32.9 Å². The molecule has 5 nitrogen and oxygen atoms in total. The Morgan fingerprint density at radius 3 is 2.34 bits per heavy atom. The molecule has 0 saturated heterocycles. The lowest BCUT2D eigenvalue weighted by Gasteiger charge is -2.11. The first-order valence-corrected chi connectivity index (χ1v) is 10.5. The zero-order valence-corrected chi connectivity index (χ0v) is 18.4. The lowest BCUT2D eigenvalue weighted by Crippen LogP contribution is -2.21. The van der Waals surface area contributed by atoms with Crippen molar-refractivity contribution in [3.63, 3.8) is 0 Å². The summed E-state index contributed by atoms with van der Waals surface area (Å²) in [6.45, 7) is 3.52. The van der Waals surface area contributed by atoms with Gasteiger partial charge in [-0.15, -0.1) is 0 Å². The molecule has 0 bridgehead atoms. The molecule has 0 aliphatic carbocycles. The minimum absolute atomic E-state index is 0.347. The van der Waals surface area contributed by atoms with Crippen LogP contribution in [0.2, 0.25) is 5.02 Å². The van der Waals surface area contributed by atoms with E-state index in [0.717, 1.165) is 16.7 Å². The fraction of sp³-hybridized carbons (Fsp3) is 0.115. The van der Waals surface area contributed by atoms with Crippen molar-refractivity contribution >= 4 is 40.1 Å². The lowest BCUT2D eigenvalue weighted by atomic mass is 10.0. The number of esters is 1. The van der Waals surface area contributed by atoms with Crippen molar-refractivity contribution in [3.8, 4) is 11.3 Å². The molecule has 3 aromatic carbocycles. The van der Waals surface area contributed by atoms with Crippen LogP contribution in [-0.4, -0.2) is 23.5 Å². The zero-order valence-electron chi connectivity index (χ0n) is 17.7. The normalized spacial score (nSPS) is 10.7. The van der Waals surface area contributed by atoms with Gasteiger partial charge in [-0.3, -0.25) is 4.79 Å². The Labute approximate surface area is 191 Å². The predicted molar refractivity (Wildman–Crippen MR) is 127 cm³/mol. The maximum atomic E-state index is 12.9. The largest absolute Gasteiger partial charge is 0.452 e. The third-order valence-corrected chi connectivity index (χ3v) is 5.17. The molecule has 6 heteroatoms. The minimum atomic E-state index is -0.589. The van der Waals surface area contributed by atoms with Gasteiger partial charge >= 0.3 is 5.97 Å². The molecule has 0 aliphatic rings. The van der Waals surface area contributed by atoms with E-state index in [2.05, 4.69) is 10.3 Å². The van der Waals surface area contributed by atoms with Crippen molar-refractivity contribution in [1.82, 2.24) is 4.98 Å². The number of benzene rings is 3. The van der Waals surface area contributed by atoms with Crippen LogP contribution in [0, 0.1) is 13.8 Å². The van der Waals surface area contributed by atoms with E-state index in [1.807, 2.05) is 62.4 Å². The highest BCUT2D eigenvalue weighted by Gasteiger charge is 2.17. The van der Waals surface area contributed by atoms with Crippen LogP contribution < -0.4 is 5.32 Å². The van der Waals surface area contributed by atoms with Crippen LogP contribution >= 0.6 is 11.6 Å². The van der Waals surface area contributed by atoms with Crippen molar-refractivity contribution in [2.24, 2.45) is 0 Å². The number of hydrogen-bond acceptors (Lipinski definition) is 4. The SMILES string of the molecule is Cc1cc(C)cc(NC(=O)COC(=O)c2cc(-c3ccc(Cl)cc3)nc3ccccc23)c1. The van der Waals surface area contributed by atoms with E-state index in [1.54, 1.807) is 24.3 Å². The monoisotopic (exact) mass is 444 g/mol. The summed E-state index contributed by atoms with van der Waals surface area (Å²) in [5.41, 5.74) is 5.19. The number of nitrogens with zero attached hydrogens (tertiary/aromatic N) is 1. The van der Waals surface area contributed by atoms with Crippen LogP contribution in [0.1, 0.15) is 21.5 Å². The number of anilines is 1.